The van der Waals surface area contributed by atoms with Crippen molar-refractivity contribution in [3.8, 4) is 5.69 Å². The van der Waals surface area contributed by atoms with Crippen LogP contribution in [0.4, 0.5) is 5.69 Å². The Balaban J connectivity index is 1.77. The Morgan fingerprint density at radius 1 is 0.933 bits per heavy atom. The fourth-order valence-electron chi connectivity index (χ4n) is 3.61. The van der Waals surface area contributed by atoms with Crippen molar-refractivity contribution >= 4 is 40.9 Å². The molecule has 0 unspecified atom stereocenters. The van der Waals surface area contributed by atoms with Crippen molar-refractivity contribution < 1.29 is 9.59 Å². The second-order valence-electron chi connectivity index (χ2n) is 7.39. The van der Waals surface area contributed by atoms with Crippen LogP contribution in [0.1, 0.15) is 22.4 Å². The number of thiocarbonyl (C=S) groups is 1. The first kappa shape index (κ1) is 19.8. The van der Waals surface area contributed by atoms with Gasteiger partial charge < -0.3 is 4.57 Å². The van der Waals surface area contributed by atoms with Crippen LogP contribution in [0.15, 0.2) is 66.4 Å². The molecular formula is C24H21N3O2S. The minimum Gasteiger partial charge on any atom is -0.317 e. The number of aromatic nitrogens is 1. The Kier molecular flexibility index (Phi) is 5.10. The zero-order chi connectivity index (χ0) is 21.4. The molecule has 3 aromatic rings. The second kappa shape index (κ2) is 7.72. The third kappa shape index (κ3) is 3.57. The maximum Gasteiger partial charge on any atom is 0.270 e. The fourth-order valence-corrected chi connectivity index (χ4v) is 3.88. The summed E-state index contributed by atoms with van der Waals surface area (Å²) in [6.45, 7) is 5.92. The van der Waals surface area contributed by atoms with E-state index in [1.54, 1.807) is 6.08 Å². The standard InChI is InChI=1S/C24H21N3O2S/c1-15-6-4-7-18(13-15)26-11-5-8-19(26)14-20-22(28)25-24(30)27(23(20)29)21-10-9-16(2)12-17(21)3/h4-14H,1-3H3,(H,25,28,30)/b20-14+. The molecule has 1 aromatic heterocycles. The molecule has 0 atom stereocenters. The molecule has 1 N–H and O–H groups in total. The molecule has 0 bridgehead atoms. The van der Waals surface area contributed by atoms with Gasteiger partial charge in [0.15, 0.2) is 5.11 Å². The summed E-state index contributed by atoms with van der Waals surface area (Å²) in [5, 5.41) is 2.74. The summed E-state index contributed by atoms with van der Waals surface area (Å²) in [6, 6.07) is 17.5. The van der Waals surface area contributed by atoms with E-state index in [1.807, 2.05) is 86.1 Å². The molecule has 0 aliphatic carbocycles. The number of rotatable bonds is 3. The summed E-state index contributed by atoms with van der Waals surface area (Å²) in [5.74, 6) is -0.935. The number of hydrogen-bond donors (Lipinski definition) is 1. The monoisotopic (exact) mass is 415 g/mol. The van der Waals surface area contributed by atoms with Crippen LogP contribution in [0.25, 0.3) is 11.8 Å². The topological polar surface area (TPSA) is 54.3 Å². The second-order valence-corrected chi connectivity index (χ2v) is 7.78. The Bertz CT molecular complexity index is 1220. The minimum absolute atomic E-state index is 0.0381. The van der Waals surface area contributed by atoms with Crippen molar-refractivity contribution in [2.45, 2.75) is 20.8 Å². The zero-order valence-corrected chi connectivity index (χ0v) is 17.8. The molecule has 0 radical (unpaired) electrons. The Hall–Kier alpha value is -3.51. The molecule has 5 nitrogen and oxygen atoms in total. The minimum atomic E-state index is -0.497. The number of benzene rings is 2. The summed E-state index contributed by atoms with van der Waals surface area (Å²) in [5.41, 5.74) is 5.50. The molecule has 6 heteroatoms. The largest absolute Gasteiger partial charge is 0.317 e. The van der Waals surface area contributed by atoms with Crippen LogP contribution in [0.2, 0.25) is 0 Å². The van der Waals surface area contributed by atoms with E-state index >= 15 is 0 Å². The van der Waals surface area contributed by atoms with Crippen LogP contribution in [0.5, 0.6) is 0 Å². The molecule has 150 valence electrons. The van der Waals surface area contributed by atoms with Gasteiger partial charge in [-0.05, 0) is 80.5 Å². The van der Waals surface area contributed by atoms with Gasteiger partial charge >= 0.3 is 0 Å². The number of nitrogens with one attached hydrogen (secondary N) is 1. The van der Waals surface area contributed by atoms with E-state index in [1.165, 1.54) is 4.90 Å². The maximum absolute atomic E-state index is 13.3. The lowest BCUT2D eigenvalue weighted by molar-refractivity contribution is -0.122. The number of nitrogens with zero attached hydrogens (tertiary/aromatic N) is 2. The molecule has 1 fully saturated rings. The quantitative estimate of drug-likeness (QED) is 0.396. The van der Waals surface area contributed by atoms with Crippen molar-refractivity contribution in [2.75, 3.05) is 4.90 Å². The van der Waals surface area contributed by atoms with E-state index in [9.17, 15) is 9.59 Å². The lowest BCUT2D eigenvalue weighted by atomic mass is 10.1. The van der Waals surface area contributed by atoms with Crippen LogP contribution < -0.4 is 10.2 Å². The first-order chi connectivity index (χ1) is 14.3. The number of carbonyl (C=O) groups is 2. The lowest BCUT2D eigenvalue weighted by Gasteiger charge is -2.30. The molecule has 1 aliphatic rings. The first-order valence-electron chi connectivity index (χ1n) is 9.58. The van der Waals surface area contributed by atoms with Gasteiger partial charge in [-0.2, -0.15) is 0 Å². The van der Waals surface area contributed by atoms with Gasteiger partial charge in [0, 0.05) is 17.6 Å². The molecule has 0 spiro atoms. The van der Waals surface area contributed by atoms with Crippen LogP contribution in [-0.4, -0.2) is 21.5 Å². The Labute approximate surface area is 180 Å². The van der Waals surface area contributed by atoms with Gasteiger partial charge in [-0.1, -0.05) is 29.8 Å². The van der Waals surface area contributed by atoms with Crippen molar-refractivity contribution in [1.29, 1.82) is 0 Å². The van der Waals surface area contributed by atoms with Crippen molar-refractivity contribution in [2.24, 2.45) is 0 Å². The third-order valence-corrected chi connectivity index (χ3v) is 5.33. The van der Waals surface area contributed by atoms with Gasteiger partial charge in [0.05, 0.1) is 5.69 Å². The average Bonchev–Trinajstić information content (AvgIpc) is 3.15. The van der Waals surface area contributed by atoms with E-state index in [2.05, 4.69) is 5.32 Å². The average molecular weight is 416 g/mol. The van der Waals surface area contributed by atoms with Gasteiger partial charge in [0.25, 0.3) is 11.8 Å². The number of anilines is 1. The molecule has 4 rings (SSSR count). The number of hydrogen-bond acceptors (Lipinski definition) is 3. The van der Waals surface area contributed by atoms with Gasteiger partial charge in [-0.15, -0.1) is 0 Å². The van der Waals surface area contributed by atoms with Gasteiger partial charge in [-0.3, -0.25) is 19.8 Å². The SMILES string of the molecule is Cc1cccc(-n2cccc2/C=C2\C(=O)NC(=S)N(c3ccc(C)cc3C)C2=O)c1. The van der Waals surface area contributed by atoms with Gasteiger partial charge in [0.2, 0.25) is 0 Å². The van der Waals surface area contributed by atoms with Crippen molar-refractivity contribution in [3.63, 3.8) is 0 Å². The molecule has 1 aliphatic heterocycles. The highest BCUT2D eigenvalue weighted by Gasteiger charge is 2.35. The van der Waals surface area contributed by atoms with Crippen molar-refractivity contribution in [1.82, 2.24) is 9.88 Å². The molecule has 30 heavy (non-hydrogen) atoms. The normalized spacial score (nSPS) is 15.6. The zero-order valence-electron chi connectivity index (χ0n) is 17.0. The molecule has 1 saturated heterocycles. The third-order valence-electron chi connectivity index (χ3n) is 5.05. The number of aryl methyl sites for hydroxylation is 3. The summed E-state index contributed by atoms with van der Waals surface area (Å²) in [4.78, 5) is 27.3. The Morgan fingerprint density at radius 3 is 2.43 bits per heavy atom. The predicted molar refractivity (Wildman–Crippen MR) is 123 cm³/mol. The van der Waals surface area contributed by atoms with E-state index < -0.39 is 11.8 Å². The highest BCUT2D eigenvalue weighted by Crippen LogP contribution is 2.26. The van der Waals surface area contributed by atoms with Crippen LogP contribution in [0.3, 0.4) is 0 Å². The smallest absolute Gasteiger partial charge is 0.270 e. The summed E-state index contributed by atoms with van der Waals surface area (Å²) < 4.78 is 1.94. The number of carbonyl (C=O) groups excluding carboxylic acids is 2. The van der Waals surface area contributed by atoms with E-state index in [-0.39, 0.29) is 10.7 Å². The van der Waals surface area contributed by atoms with E-state index in [0.29, 0.717) is 5.69 Å². The first-order valence-corrected chi connectivity index (χ1v) is 9.99. The van der Waals surface area contributed by atoms with Crippen LogP contribution in [0, 0.1) is 20.8 Å². The summed E-state index contributed by atoms with van der Waals surface area (Å²) in [7, 11) is 0. The molecule has 2 heterocycles. The highest BCUT2D eigenvalue weighted by atomic mass is 32.1. The maximum atomic E-state index is 13.3. The highest BCUT2D eigenvalue weighted by molar-refractivity contribution is 7.80. The van der Waals surface area contributed by atoms with E-state index in [4.69, 9.17) is 12.2 Å². The predicted octanol–water partition coefficient (Wildman–Crippen LogP) is 4.23. The molecule has 2 aromatic carbocycles. The molecule has 0 saturated carbocycles. The Morgan fingerprint density at radius 2 is 1.70 bits per heavy atom. The summed E-state index contributed by atoms with van der Waals surface area (Å²) in [6.07, 6.45) is 3.51. The fraction of sp³-hybridized carbons (Fsp3) is 0.125. The van der Waals surface area contributed by atoms with Crippen molar-refractivity contribution in [3.05, 3.63) is 88.8 Å². The van der Waals surface area contributed by atoms with E-state index in [0.717, 1.165) is 28.1 Å². The van der Waals surface area contributed by atoms with Gasteiger partial charge in [0.1, 0.15) is 5.57 Å². The number of amides is 2. The molecule has 2 amide bonds. The summed E-state index contributed by atoms with van der Waals surface area (Å²) >= 11 is 5.31. The molecular weight excluding hydrogens is 394 g/mol. The van der Waals surface area contributed by atoms with Gasteiger partial charge in [-0.25, -0.2) is 0 Å². The van der Waals surface area contributed by atoms with Crippen LogP contribution in [-0.2, 0) is 9.59 Å². The lowest BCUT2D eigenvalue weighted by Crippen LogP contribution is -2.54. The van der Waals surface area contributed by atoms with Crippen LogP contribution >= 0.6 is 12.2 Å².